The summed E-state index contributed by atoms with van der Waals surface area (Å²) in [5.74, 6) is 0.212. The number of piperidine rings is 1. The Labute approximate surface area is 104 Å². The lowest BCUT2D eigenvalue weighted by atomic mass is 9.90. The SMILES string of the molecule is CC(C)(CCO)CNCC(=O)N1CCCCC1. The van der Waals surface area contributed by atoms with Crippen LogP contribution in [0.1, 0.15) is 39.5 Å². The standard InChI is InChI=1S/C13H26N2O2/c1-13(2,6-9-16)11-14-10-12(17)15-7-4-3-5-8-15/h14,16H,3-11H2,1-2H3. The zero-order valence-electron chi connectivity index (χ0n) is 11.2. The number of carbonyl (C=O) groups excluding carboxylic acids is 1. The van der Waals surface area contributed by atoms with Crippen LogP contribution in [0, 0.1) is 5.41 Å². The minimum atomic E-state index is 0.0525. The van der Waals surface area contributed by atoms with Crippen molar-refractivity contribution in [2.75, 3.05) is 32.8 Å². The molecule has 4 heteroatoms. The van der Waals surface area contributed by atoms with Crippen LogP contribution in [0.3, 0.4) is 0 Å². The second-order valence-electron chi connectivity index (χ2n) is 5.68. The molecule has 0 aromatic rings. The van der Waals surface area contributed by atoms with Crippen molar-refractivity contribution < 1.29 is 9.90 Å². The summed E-state index contributed by atoms with van der Waals surface area (Å²) in [6, 6.07) is 0. The van der Waals surface area contributed by atoms with Gasteiger partial charge in [-0.1, -0.05) is 13.8 Å². The summed E-state index contributed by atoms with van der Waals surface area (Å²) in [5, 5.41) is 12.1. The van der Waals surface area contributed by atoms with Crippen LogP contribution >= 0.6 is 0 Å². The number of nitrogens with one attached hydrogen (secondary N) is 1. The van der Waals surface area contributed by atoms with Crippen LogP contribution in [-0.4, -0.2) is 48.7 Å². The molecule has 0 aliphatic carbocycles. The minimum absolute atomic E-state index is 0.0525. The fourth-order valence-electron chi connectivity index (χ4n) is 2.15. The molecule has 17 heavy (non-hydrogen) atoms. The number of hydrogen-bond acceptors (Lipinski definition) is 3. The van der Waals surface area contributed by atoms with Crippen LogP contribution in [0.2, 0.25) is 0 Å². The van der Waals surface area contributed by atoms with Gasteiger partial charge in [-0.15, -0.1) is 0 Å². The molecule has 1 amide bonds. The zero-order chi connectivity index (χ0) is 12.7. The molecule has 1 rings (SSSR count). The summed E-state index contributed by atoms with van der Waals surface area (Å²) in [5.41, 5.74) is 0.0525. The van der Waals surface area contributed by atoms with Crippen molar-refractivity contribution in [3.05, 3.63) is 0 Å². The molecular weight excluding hydrogens is 216 g/mol. The normalized spacial score (nSPS) is 17.2. The molecule has 1 saturated heterocycles. The predicted molar refractivity (Wildman–Crippen MR) is 68.8 cm³/mol. The van der Waals surface area contributed by atoms with E-state index >= 15 is 0 Å². The van der Waals surface area contributed by atoms with Crippen LogP contribution in [0.5, 0.6) is 0 Å². The van der Waals surface area contributed by atoms with Crippen molar-refractivity contribution in [1.29, 1.82) is 0 Å². The van der Waals surface area contributed by atoms with E-state index in [0.717, 1.165) is 38.9 Å². The van der Waals surface area contributed by atoms with Gasteiger partial charge < -0.3 is 15.3 Å². The Morgan fingerprint density at radius 1 is 1.29 bits per heavy atom. The van der Waals surface area contributed by atoms with Gasteiger partial charge in [-0.3, -0.25) is 4.79 Å². The number of amides is 1. The maximum absolute atomic E-state index is 11.9. The summed E-state index contributed by atoms with van der Waals surface area (Å²) in [6.45, 7) is 7.43. The van der Waals surface area contributed by atoms with Crippen LogP contribution in [0.4, 0.5) is 0 Å². The van der Waals surface area contributed by atoms with E-state index in [9.17, 15) is 4.79 Å². The lowest BCUT2D eigenvalue weighted by Crippen LogP contribution is -2.43. The Kier molecular flexibility index (Phi) is 5.92. The number of hydrogen-bond donors (Lipinski definition) is 2. The number of aliphatic hydroxyl groups excluding tert-OH is 1. The van der Waals surface area contributed by atoms with E-state index in [1.807, 2.05) is 4.90 Å². The topological polar surface area (TPSA) is 52.6 Å². The first-order chi connectivity index (χ1) is 8.05. The van der Waals surface area contributed by atoms with Gasteiger partial charge in [0.15, 0.2) is 0 Å². The second-order valence-corrected chi connectivity index (χ2v) is 5.68. The Morgan fingerprint density at radius 3 is 2.53 bits per heavy atom. The third-order valence-electron chi connectivity index (χ3n) is 3.38. The highest BCUT2D eigenvalue weighted by atomic mass is 16.3. The van der Waals surface area contributed by atoms with Gasteiger partial charge in [0.2, 0.25) is 5.91 Å². The van der Waals surface area contributed by atoms with Crippen molar-refractivity contribution in [2.24, 2.45) is 5.41 Å². The Morgan fingerprint density at radius 2 is 1.94 bits per heavy atom. The molecule has 0 aromatic heterocycles. The fraction of sp³-hybridized carbons (Fsp3) is 0.923. The van der Waals surface area contributed by atoms with E-state index in [1.165, 1.54) is 6.42 Å². The van der Waals surface area contributed by atoms with Crippen LogP contribution in [0.15, 0.2) is 0 Å². The van der Waals surface area contributed by atoms with Crippen molar-refractivity contribution in [1.82, 2.24) is 10.2 Å². The highest BCUT2D eigenvalue weighted by Gasteiger charge is 2.19. The lowest BCUT2D eigenvalue weighted by Gasteiger charge is -2.28. The Hall–Kier alpha value is -0.610. The lowest BCUT2D eigenvalue weighted by molar-refractivity contribution is -0.131. The molecule has 1 fully saturated rings. The van der Waals surface area contributed by atoms with Gasteiger partial charge in [0, 0.05) is 26.2 Å². The molecule has 0 radical (unpaired) electrons. The number of rotatable bonds is 6. The van der Waals surface area contributed by atoms with Gasteiger partial charge >= 0.3 is 0 Å². The van der Waals surface area contributed by atoms with E-state index in [4.69, 9.17) is 5.11 Å². The summed E-state index contributed by atoms with van der Waals surface area (Å²) >= 11 is 0. The van der Waals surface area contributed by atoms with Crippen molar-refractivity contribution in [3.8, 4) is 0 Å². The first-order valence-corrected chi connectivity index (χ1v) is 6.64. The molecule has 2 N–H and O–H groups in total. The molecule has 4 nitrogen and oxygen atoms in total. The largest absolute Gasteiger partial charge is 0.396 e. The molecular formula is C13H26N2O2. The van der Waals surface area contributed by atoms with Crippen LogP contribution < -0.4 is 5.32 Å². The Bertz CT molecular complexity index is 236. The highest BCUT2D eigenvalue weighted by Crippen LogP contribution is 2.17. The molecule has 0 atom stereocenters. The van der Waals surface area contributed by atoms with E-state index in [1.54, 1.807) is 0 Å². The number of nitrogens with zero attached hydrogens (tertiary/aromatic N) is 1. The van der Waals surface area contributed by atoms with E-state index < -0.39 is 0 Å². The maximum Gasteiger partial charge on any atom is 0.236 e. The van der Waals surface area contributed by atoms with Gasteiger partial charge in [0.1, 0.15) is 0 Å². The molecule has 0 aromatic carbocycles. The van der Waals surface area contributed by atoms with Gasteiger partial charge in [0.25, 0.3) is 0 Å². The maximum atomic E-state index is 11.9. The number of aliphatic hydroxyl groups is 1. The molecule has 0 unspecified atom stereocenters. The average molecular weight is 242 g/mol. The van der Waals surface area contributed by atoms with Gasteiger partial charge in [0.05, 0.1) is 6.54 Å². The van der Waals surface area contributed by atoms with Gasteiger partial charge in [-0.05, 0) is 31.1 Å². The molecule has 1 aliphatic heterocycles. The first kappa shape index (κ1) is 14.5. The van der Waals surface area contributed by atoms with Crippen LogP contribution in [0.25, 0.3) is 0 Å². The van der Waals surface area contributed by atoms with Gasteiger partial charge in [-0.25, -0.2) is 0 Å². The predicted octanol–water partition coefficient (Wildman–Crippen LogP) is 0.997. The second kappa shape index (κ2) is 6.97. The summed E-state index contributed by atoms with van der Waals surface area (Å²) in [7, 11) is 0. The summed E-state index contributed by atoms with van der Waals surface area (Å²) < 4.78 is 0. The minimum Gasteiger partial charge on any atom is -0.396 e. The third kappa shape index (κ3) is 5.50. The summed E-state index contributed by atoms with van der Waals surface area (Å²) in [4.78, 5) is 13.8. The van der Waals surface area contributed by atoms with Crippen molar-refractivity contribution in [3.63, 3.8) is 0 Å². The quantitative estimate of drug-likeness (QED) is 0.730. The van der Waals surface area contributed by atoms with E-state index in [0.29, 0.717) is 6.54 Å². The summed E-state index contributed by atoms with van der Waals surface area (Å²) in [6.07, 6.45) is 4.29. The van der Waals surface area contributed by atoms with Crippen LogP contribution in [-0.2, 0) is 4.79 Å². The highest BCUT2D eigenvalue weighted by molar-refractivity contribution is 5.78. The van der Waals surface area contributed by atoms with Gasteiger partial charge in [-0.2, -0.15) is 0 Å². The molecule has 1 heterocycles. The van der Waals surface area contributed by atoms with E-state index in [-0.39, 0.29) is 17.9 Å². The van der Waals surface area contributed by atoms with Crippen molar-refractivity contribution in [2.45, 2.75) is 39.5 Å². The molecule has 0 saturated carbocycles. The molecule has 100 valence electrons. The molecule has 0 spiro atoms. The van der Waals surface area contributed by atoms with E-state index in [2.05, 4.69) is 19.2 Å². The first-order valence-electron chi connectivity index (χ1n) is 6.64. The number of likely N-dealkylation sites (tertiary alicyclic amines) is 1. The van der Waals surface area contributed by atoms with Crippen molar-refractivity contribution >= 4 is 5.91 Å². The Balaban J connectivity index is 2.19. The third-order valence-corrected chi connectivity index (χ3v) is 3.38. The molecule has 1 aliphatic rings. The smallest absolute Gasteiger partial charge is 0.236 e. The monoisotopic (exact) mass is 242 g/mol. The number of carbonyl (C=O) groups is 1. The fourth-order valence-corrected chi connectivity index (χ4v) is 2.15. The average Bonchev–Trinajstić information content (AvgIpc) is 2.29. The molecule has 0 bridgehead atoms. The zero-order valence-corrected chi connectivity index (χ0v) is 11.2.